The Morgan fingerprint density at radius 1 is 1.00 bits per heavy atom. The van der Waals surface area contributed by atoms with Gasteiger partial charge in [-0.15, -0.1) is 0 Å². The Morgan fingerprint density at radius 2 is 1.81 bits per heavy atom. The second-order valence-electron chi connectivity index (χ2n) is 6.49. The summed E-state index contributed by atoms with van der Waals surface area (Å²) in [5.74, 6) is 3.95. The highest BCUT2D eigenvalue weighted by molar-refractivity contribution is 7.99. The average Bonchev–Trinajstić information content (AvgIpc) is 3.37. The Balaban J connectivity index is 1.60. The Bertz CT molecular complexity index is 897. The molecule has 0 bridgehead atoms. The monoisotopic (exact) mass is 369 g/mol. The largest absolute Gasteiger partial charge is 0.352 e. The molecule has 2 saturated heterocycles. The van der Waals surface area contributed by atoms with Crippen molar-refractivity contribution in [2.24, 2.45) is 0 Å². The molecule has 1 atom stereocenters. The number of hydrogen-bond donors (Lipinski definition) is 0. The molecular weight excluding hydrogens is 350 g/mol. The molecule has 134 valence electrons. The first-order valence-corrected chi connectivity index (χ1v) is 10.1. The number of thioether (sulfide) groups is 1. The summed E-state index contributed by atoms with van der Waals surface area (Å²) in [4.78, 5) is 18.7. The van der Waals surface area contributed by atoms with E-state index in [0.717, 1.165) is 61.3 Å². The zero-order valence-electron chi connectivity index (χ0n) is 14.3. The van der Waals surface area contributed by atoms with Crippen molar-refractivity contribution in [3.8, 4) is 0 Å². The number of fused-ring (bicyclic) bond motifs is 1. The second kappa shape index (κ2) is 6.71. The van der Waals surface area contributed by atoms with Crippen molar-refractivity contribution >= 4 is 34.7 Å². The van der Waals surface area contributed by atoms with Crippen LogP contribution in [0.25, 0.3) is 11.3 Å². The number of hydrogen-bond acceptors (Lipinski definition) is 9. The maximum absolute atomic E-state index is 4.86. The fourth-order valence-corrected chi connectivity index (χ4v) is 4.60. The van der Waals surface area contributed by atoms with Crippen LogP contribution in [0.3, 0.4) is 0 Å². The van der Waals surface area contributed by atoms with Crippen molar-refractivity contribution in [1.29, 1.82) is 0 Å². The van der Waals surface area contributed by atoms with E-state index >= 15 is 0 Å². The first kappa shape index (κ1) is 15.8. The quantitative estimate of drug-likeness (QED) is 0.690. The molecule has 0 radical (unpaired) electrons. The van der Waals surface area contributed by atoms with Crippen LogP contribution in [-0.4, -0.2) is 56.4 Å². The van der Waals surface area contributed by atoms with Crippen LogP contribution < -0.4 is 9.80 Å². The van der Waals surface area contributed by atoms with E-state index in [9.17, 15) is 0 Å². The summed E-state index contributed by atoms with van der Waals surface area (Å²) in [6.45, 7) is 2.86. The van der Waals surface area contributed by atoms with Gasteiger partial charge in [-0.1, -0.05) is 6.07 Å². The van der Waals surface area contributed by atoms with E-state index < -0.39 is 0 Å². The molecule has 0 aliphatic carbocycles. The molecule has 0 unspecified atom stereocenters. The molecule has 2 fully saturated rings. The Kier molecular flexibility index (Phi) is 4.08. The van der Waals surface area contributed by atoms with Gasteiger partial charge in [0.1, 0.15) is 0 Å². The SMILES string of the molecule is c1ccc([C@@H]2CCCN2c2nc3nonc3nc2N2CCSCC2)nc1. The second-order valence-corrected chi connectivity index (χ2v) is 7.71. The summed E-state index contributed by atoms with van der Waals surface area (Å²) in [6, 6.07) is 6.29. The number of aromatic nitrogens is 5. The highest BCUT2D eigenvalue weighted by Gasteiger charge is 2.32. The van der Waals surface area contributed by atoms with Gasteiger partial charge >= 0.3 is 0 Å². The van der Waals surface area contributed by atoms with Crippen molar-refractivity contribution in [1.82, 2.24) is 25.3 Å². The topological polar surface area (TPSA) is 84.1 Å². The van der Waals surface area contributed by atoms with Crippen molar-refractivity contribution < 1.29 is 4.63 Å². The third-order valence-electron chi connectivity index (χ3n) is 4.94. The summed E-state index contributed by atoms with van der Waals surface area (Å²) in [7, 11) is 0. The minimum absolute atomic E-state index is 0.209. The first-order valence-electron chi connectivity index (χ1n) is 8.91. The molecule has 8 nitrogen and oxygen atoms in total. The molecule has 5 rings (SSSR count). The standard InChI is InChI=1S/C17H19N7OS/c1-2-6-18-12(4-1)13-5-3-7-24(13)17-16(23-8-10-26-11-9-23)19-14-15(20-17)22-25-21-14/h1-2,4,6,13H,3,5,7-11H2/t13-/m0/s1. The first-order chi connectivity index (χ1) is 12.9. The number of anilines is 2. The molecular formula is C17H19N7OS. The lowest BCUT2D eigenvalue weighted by Gasteiger charge is -2.32. The summed E-state index contributed by atoms with van der Waals surface area (Å²) < 4.78 is 4.86. The molecule has 2 aliphatic heterocycles. The zero-order chi connectivity index (χ0) is 17.3. The molecule has 0 amide bonds. The number of nitrogens with zero attached hydrogens (tertiary/aromatic N) is 7. The van der Waals surface area contributed by atoms with Gasteiger partial charge in [-0.3, -0.25) is 4.98 Å². The van der Waals surface area contributed by atoms with Crippen LogP contribution >= 0.6 is 11.8 Å². The van der Waals surface area contributed by atoms with Crippen LogP contribution in [0, 0.1) is 0 Å². The summed E-state index contributed by atoms with van der Waals surface area (Å²) in [6.07, 6.45) is 4.02. The van der Waals surface area contributed by atoms with E-state index in [1.54, 1.807) is 0 Å². The fourth-order valence-electron chi connectivity index (χ4n) is 3.70. The molecule has 3 aromatic heterocycles. The van der Waals surface area contributed by atoms with E-state index in [4.69, 9.17) is 14.6 Å². The van der Waals surface area contributed by atoms with Crippen molar-refractivity contribution in [2.45, 2.75) is 18.9 Å². The van der Waals surface area contributed by atoms with Gasteiger partial charge in [-0.25, -0.2) is 14.6 Å². The minimum Gasteiger partial charge on any atom is -0.352 e. The van der Waals surface area contributed by atoms with Crippen molar-refractivity contribution in [3.05, 3.63) is 30.1 Å². The van der Waals surface area contributed by atoms with Gasteiger partial charge in [0.05, 0.1) is 11.7 Å². The zero-order valence-corrected chi connectivity index (χ0v) is 15.1. The minimum atomic E-state index is 0.209. The maximum atomic E-state index is 4.86. The van der Waals surface area contributed by atoms with Gasteiger partial charge in [0, 0.05) is 37.3 Å². The fraction of sp³-hybridized carbons (Fsp3) is 0.471. The van der Waals surface area contributed by atoms with Crippen LogP contribution in [0.4, 0.5) is 11.6 Å². The highest BCUT2D eigenvalue weighted by Crippen LogP contribution is 2.39. The predicted molar refractivity (Wildman–Crippen MR) is 100 cm³/mol. The predicted octanol–water partition coefficient (Wildman–Crippen LogP) is 2.30. The van der Waals surface area contributed by atoms with Crippen molar-refractivity contribution in [2.75, 3.05) is 40.9 Å². The summed E-state index contributed by atoms with van der Waals surface area (Å²) in [5.41, 5.74) is 2.00. The Labute approximate surface area is 155 Å². The number of pyridine rings is 1. The molecule has 26 heavy (non-hydrogen) atoms. The highest BCUT2D eigenvalue weighted by atomic mass is 32.2. The Morgan fingerprint density at radius 3 is 2.58 bits per heavy atom. The lowest BCUT2D eigenvalue weighted by atomic mass is 10.1. The Hall–Kier alpha value is -2.42. The summed E-state index contributed by atoms with van der Waals surface area (Å²) >= 11 is 1.97. The van der Waals surface area contributed by atoms with Gasteiger partial charge in [0.25, 0.3) is 0 Å². The smallest absolute Gasteiger partial charge is 0.245 e. The molecule has 0 spiro atoms. The average molecular weight is 369 g/mol. The third-order valence-corrected chi connectivity index (χ3v) is 5.89. The molecule has 0 aromatic carbocycles. The third kappa shape index (κ3) is 2.76. The van der Waals surface area contributed by atoms with Crippen LogP contribution in [0.5, 0.6) is 0 Å². The van der Waals surface area contributed by atoms with Gasteiger partial charge in [0.2, 0.25) is 11.3 Å². The molecule has 9 heteroatoms. The van der Waals surface area contributed by atoms with E-state index in [2.05, 4.69) is 31.2 Å². The van der Waals surface area contributed by atoms with E-state index in [1.807, 2.05) is 30.1 Å². The van der Waals surface area contributed by atoms with Crippen molar-refractivity contribution in [3.63, 3.8) is 0 Å². The van der Waals surface area contributed by atoms with E-state index in [-0.39, 0.29) is 6.04 Å². The van der Waals surface area contributed by atoms with Gasteiger partial charge in [0.15, 0.2) is 11.6 Å². The van der Waals surface area contributed by atoms with Crippen LogP contribution in [0.1, 0.15) is 24.6 Å². The van der Waals surface area contributed by atoms with Crippen LogP contribution in [0.15, 0.2) is 29.0 Å². The molecule has 0 saturated carbocycles. The number of rotatable bonds is 3. The summed E-state index contributed by atoms with van der Waals surface area (Å²) in [5, 5.41) is 7.81. The van der Waals surface area contributed by atoms with Crippen LogP contribution in [0.2, 0.25) is 0 Å². The van der Waals surface area contributed by atoms with Gasteiger partial charge in [-0.2, -0.15) is 11.8 Å². The lowest BCUT2D eigenvalue weighted by Crippen LogP contribution is -2.36. The van der Waals surface area contributed by atoms with E-state index in [0.29, 0.717) is 11.3 Å². The van der Waals surface area contributed by atoms with Gasteiger partial charge in [-0.05, 0) is 35.3 Å². The lowest BCUT2D eigenvalue weighted by molar-refractivity contribution is 0.314. The maximum Gasteiger partial charge on any atom is 0.245 e. The molecule has 2 aliphatic rings. The normalized spacial score (nSPS) is 20.8. The van der Waals surface area contributed by atoms with Crippen LogP contribution in [-0.2, 0) is 0 Å². The van der Waals surface area contributed by atoms with E-state index in [1.165, 1.54) is 0 Å². The molecule has 5 heterocycles. The molecule has 0 N–H and O–H groups in total. The molecule has 3 aromatic rings. The van der Waals surface area contributed by atoms with Gasteiger partial charge < -0.3 is 9.80 Å².